The molecule has 0 bridgehead atoms. The highest BCUT2D eigenvalue weighted by atomic mass is 79.9. The highest BCUT2D eigenvalue weighted by molar-refractivity contribution is 9.10. The van der Waals surface area contributed by atoms with Gasteiger partial charge in [0, 0.05) is 19.7 Å². The molecule has 1 atom stereocenters. The van der Waals surface area contributed by atoms with E-state index in [9.17, 15) is 4.79 Å². The minimum atomic E-state index is -0.110. The molecule has 2 heterocycles. The lowest BCUT2D eigenvalue weighted by molar-refractivity contribution is -0.121. The van der Waals surface area contributed by atoms with Crippen molar-refractivity contribution in [1.29, 1.82) is 0 Å². The van der Waals surface area contributed by atoms with Gasteiger partial charge in [-0.3, -0.25) is 4.79 Å². The molecule has 0 radical (unpaired) electrons. The predicted octanol–water partition coefficient (Wildman–Crippen LogP) is 1.26. The normalized spacial score (nSPS) is 19.5. The van der Waals surface area contributed by atoms with Gasteiger partial charge in [0.2, 0.25) is 5.91 Å². The van der Waals surface area contributed by atoms with Crippen LogP contribution < -0.4 is 10.2 Å². The summed E-state index contributed by atoms with van der Waals surface area (Å²) in [7, 11) is 1.67. The zero-order chi connectivity index (χ0) is 12.4. The molecule has 1 saturated heterocycles. The van der Waals surface area contributed by atoms with Gasteiger partial charge in [0.05, 0.1) is 0 Å². The van der Waals surface area contributed by atoms with Crippen LogP contribution in [0.25, 0.3) is 0 Å². The van der Waals surface area contributed by atoms with Gasteiger partial charge < -0.3 is 10.2 Å². The quantitative estimate of drug-likeness (QED) is 0.835. The molecule has 0 saturated carbocycles. The maximum atomic E-state index is 11.8. The predicted molar refractivity (Wildman–Crippen MR) is 68.9 cm³/mol. The first-order valence-electron chi connectivity index (χ1n) is 5.61. The number of carbonyl (C=O) groups is 1. The van der Waals surface area contributed by atoms with Crippen molar-refractivity contribution >= 4 is 27.7 Å². The Labute approximate surface area is 109 Å². The van der Waals surface area contributed by atoms with E-state index in [-0.39, 0.29) is 11.9 Å². The van der Waals surface area contributed by atoms with E-state index in [1.165, 1.54) is 0 Å². The summed E-state index contributed by atoms with van der Waals surface area (Å²) in [5.74, 6) is 1.57. The van der Waals surface area contributed by atoms with Gasteiger partial charge in [0.25, 0.3) is 0 Å². The number of amides is 1. The number of aryl methyl sites for hydroxylation is 1. The summed E-state index contributed by atoms with van der Waals surface area (Å²) in [6.45, 7) is 2.71. The van der Waals surface area contributed by atoms with E-state index >= 15 is 0 Å². The second kappa shape index (κ2) is 5.00. The number of nitrogens with zero attached hydrogens (tertiary/aromatic N) is 3. The van der Waals surface area contributed by atoms with Crippen LogP contribution in [0.1, 0.15) is 18.7 Å². The van der Waals surface area contributed by atoms with Crippen LogP contribution in [-0.4, -0.2) is 35.5 Å². The molecule has 0 aromatic carbocycles. The van der Waals surface area contributed by atoms with Crippen molar-refractivity contribution in [3.05, 3.63) is 16.5 Å². The summed E-state index contributed by atoms with van der Waals surface area (Å²) in [5, 5.41) is 2.70. The zero-order valence-corrected chi connectivity index (χ0v) is 11.5. The molecule has 2 rings (SSSR count). The van der Waals surface area contributed by atoms with Crippen molar-refractivity contribution in [1.82, 2.24) is 15.3 Å². The molecule has 1 amide bonds. The number of aromatic nitrogens is 2. The molecule has 5 nitrogen and oxygen atoms in total. The fraction of sp³-hybridized carbons (Fsp3) is 0.545. The van der Waals surface area contributed by atoms with Gasteiger partial charge in [0.1, 0.15) is 22.3 Å². The van der Waals surface area contributed by atoms with Crippen molar-refractivity contribution in [3.63, 3.8) is 0 Å². The van der Waals surface area contributed by atoms with E-state index in [4.69, 9.17) is 0 Å². The molecule has 1 N–H and O–H groups in total. The molecule has 1 aromatic heterocycles. The Morgan fingerprint density at radius 1 is 1.59 bits per heavy atom. The van der Waals surface area contributed by atoms with Crippen LogP contribution in [0.3, 0.4) is 0 Å². The van der Waals surface area contributed by atoms with Crippen LogP contribution in [0.2, 0.25) is 0 Å². The van der Waals surface area contributed by atoms with Crippen LogP contribution in [0, 0.1) is 6.92 Å². The van der Waals surface area contributed by atoms with Gasteiger partial charge in [-0.1, -0.05) is 0 Å². The van der Waals surface area contributed by atoms with Gasteiger partial charge in [-0.2, -0.15) is 0 Å². The Bertz CT molecular complexity index is 417. The van der Waals surface area contributed by atoms with E-state index in [1.807, 2.05) is 17.9 Å². The number of hydrogen-bond acceptors (Lipinski definition) is 4. The molecular weight excluding hydrogens is 284 g/mol. The van der Waals surface area contributed by atoms with Crippen LogP contribution in [0.5, 0.6) is 0 Å². The van der Waals surface area contributed by atoms with E-state index in [0.717, 1.165) is 29.8 Å². The van der Waals surface area contributed by atoms with Gasteiger partial charge in [-0.05, 0) is 35.7 Å². The maximum Gasteiger partial charge on any atom is 0.242 e. The fourth-order valence-electron chi connectivity index (χ4n) is 2.14. The van der Waals surface area contributed by atoms with Gasteiger partial charge in [-0.15, -0.1) is 0 Å². The van der Waals surface area contributed by atoms with Crippen molar-refractivity contribution in [3.8, 4) is 0 Å². The number of nitrogens with one attached hydrogen (secondary N) is 1. The molecule has 1 aromatic rings. The fourth-order valence-corrected chi connectivity index (χ4v) is 2.61. The lowest BCUT2D eigenvalue weighted by Gasteiger charge is -2.24. The molecule has 0 aliphatic carbocycles. The maximum absolute atomic E-state index is 11.8. The largest absolute Gasteiger partial charge is 0.357 e. The Kier molecular flexibility index (Phi) is 3.61. The summed E-state index contributed by atoms with van der Waals surface area (Å²) in [6, 6.07) is 1.75. The first kappa shape index (κ1) is 12.3. The smallest absolute Gasteiger partial charge is 0.242 e. The number of rotatable bonds is 2. The Morgan fingerprint density at radius 3 is 3.00 bits per heavy atom. The third kappa shape index (κ3) is 2.57. The second-order valence-electron chi connectivity index (χ2n) is 4.06. The standard InChI is InChI=1S/C11H15BrN4O/c1-7-14-9(12)6-10(15-7)16-5-3-4-8(16)11(17)13-2/h6,8H,3-5H2,1-2H3,(H,13,17). The summed E-state index contributed by atoms with van der Waals surface area (Å²) in [6.07, 6.45) is 1.89. The van der Waals surface area contributed by atoms with Crippen LogP contribution in [0.15, 0.2) is 10.7 Å². The van der Waals surface area contributed by atoms with Crippen molar-refractivity contribution in [2.45, 2.75) is 25.8 Å². The van der Waals surface area contributed by atoms with Gasteiger partial charge >= 0.3 is 0 Å². The van der Waals surface area contributed by atoms with E-state index < -0.39 is 0 Å². The Hall–Kier alpha value is -1.17. The third-order valence-corrected chi connectivity index (χ3v) is 3.30. The van der Waals surface area contributed by atoms with E-state index in [2.05, 4.69) is 31.2 Å². The highest BCUT2D eigenvalue weighted by Gasteiger charge is 2.31. The minimum Gasteiger partial charge on any atom is -0.357 e. The van der Waals surface area contributed by atoms with Crippen molar-refractivity contribution in [2.75, 3.05) is 18.5 Å². The Morgan fingerprint density at radius 2 is 2.35 bits per heavy atom. The average molecular weight is 299 g/mol. The lowest BCUT2D eigenvalue weighted by Crippen LogP contribution is -2.42. The van der Waals surface area contributed by atoms with Crippen LogP contribution in [0.4, 0.5) is 5.82 Å². The van der Waals surface area contributed by atoms with Gasteiger partial charge in [0.15, 0.2) is 0 Å². The summed E-state index contributed by atoms with van der Waals surface area (Å²) in [4.78, 5) is 22.4. The first-order valence-corrected chi connectivity index (χ1v) is 6.40. The SMILES string of the molecule is CNC(=O)C1CCCN1c1cc(Br)nc(C)n1. The average Bonchev–Trinajstić information content (AvgIpc) is 2.75. The topological polar surface area (TPSA) is 58.1 Å². The Balaban J connectivity index is 2.28. The molecule has 17 heavy (non-hydrogen) atoms. The lowest BCUT2D eigenvalue weighted by atomic mass is 10.2. The molecule has 92 valence electrons. The van der Waals surface area contributed by atoms with Crippen LogP contribution in [-0.2, 0) is 4.79 Å². The molecule has 1 aliphatic heterocycles. The molecule has 1 unspecified atom stereocenters. The number of carbonyl (C=O) groups excluding carboxylic acids is 1. The summed E-state index contributed by atoms with van der Waals surface area (Å²) >= 11 is 3.36. The summed E-state index contributed by atoms with van der Waals surface area (Å²) < 4.78 is 0.752. The molecule has 1 aliphatic rings. The van der Waals surface area contributed by atoms with Crippen LogP contribution >= 0.6 is 15.9 Å². The molecule has 6 heteroatoms. The monoisotopic (exact) mass is 298 g/mol. The number of hydrogen-bond donors (Lipinski definition) is 1. The van der Waals surface area contributed by atoms with Crippen molar-refractivity contribution < 1.29 is 4.79 Å². The third-order valence-electron chi connectivity index (χ3n) is 2.89. The highest BCUT2D eigenvalue weighted by Crippen LogP contribution is 2.25. The molecular formula is C11H15BrN4O. The van der Waals surface area contributed by atoms with E-state index in [1.54, 1.807) is 7.05 Å². The van der Waals surface area contributed by atoms with Crippen molar-refractivity contribution in [2.24, 2.45) is 0 Å². The molecule has 1 fully saturated rings. The molecule has 0 spiro atoms. The van der Waals surface area contributed by atoms with Gasteiger partial charge in [-0.25, -0.2) is 9.97 Å². The van der Waals surface area contributed by atoms with E-state index in [0.29, 0.717) is 5.82 Å². The summed E-state index contributed by atoms with van der Waals surface area (Å²) in [5.41, 5.74) is 0. The minimum absolute atomic E-state index is 0.0508. The first-order chi connectivity index (χ1) is 8.11. The number of likely N-dealkylation sites (N-methyl/N-ethyl adjacent to an activating group) is 1. The number of halogens is 1. The second-order valence-corrected chi connectivity index (χ2v) is 4.87. The number of anilines is 1. The zero-order valence-electron chi connectivity index (χ0n) is 9.90.